The lowest BCUT2D eigenvalue weighted by Crippen LogP contribution is -2.40. The number of carboxylic acids is 1. The van der Waals surface area contributed by atoms with Crippen LogP contribution in [0.3, 0.4) is 0 Å². The Morgan fingerprint density at radius 2 is 2.17 bits per heavy atom. The van der Waals surface area contributed by atoms with Gasteiger partial charge in [-0.1, -0.05) is 17.7 Å². The van der Waals surface area contributed by atoms with Crippen molar-refractivity contribution >= 4 is 29.4 Å². The van der Waals surface area contributed by atoms with Crippen molar-refractivity contribution in [2.45, 2.75) is 31.8 Å². The molecule has 2 amide bonds. The number of hydrogen-bond donors (Lipinski definition) is 2. The Labute approximate surface area is 143 Å². The predicted octanol–water partition coefficient (Wildman–Crippen LogP) is 1.98. The summed E-state index contributed by atoms with van der Waals surface area (Å²) in [5, 5.41) is 11.3. The quantitative estimate of drug-likeness (QED) is 0.844. The molecule has 1 aliphatic rings. The second kappa shape index (κ2) is 7.17. The lowest BCUT2D eigenvalue weighted by atomic mass is 9.92. The number of carbonyl (C=O) groups excluding carboxylic acids is 2. The SMILES string of the molecule is CC(CC(=O)O)NC(=O)C1CC(=O)N(C)C1c1ccc(Cl)c(F)c1. The molecule has 3 atom stereocenters. The van der Waals surface area contributed by atoms with Crippen molar-refractivity contribution in [3.63, 3.8) is 0 Å². The minimum Gasteiger partial charge on any atom is -0.481 e. The highest BCUT2D eigenvalue weighted by atomic mass is 35.5. The van der Waals surface area contributed by atoms with Crippen LogP contribution in [-0.4, -0.2) is 40.9 Å². The van der Waals surface area contributed by atoms with Crippen LogP contribution in [0.25, 0.3) is 0 Å². The van der Waals surface area contributed by atoms with E-state index in [2.05, 4.69) is 5.32 Å². The molecule has 24 heavy (non-hydrogen) atoms. The van der Waals surface area contributed by atoms with E-state index in [4.69, 9.17) is 16.7 Å². The van der Waals surface area contributed by atoms with E-state index >= 15 is 0 Å². The number of halogens is 2. The fourth-order valence-electron chi connectivity index (χ4n) is 2.92. The van der Waals surface area contributed by atoms with Gasteiger partial charge in [-0.3, -0.25) is 14.4 Å². The fourth-order valence-corrected chi connectivity index (χ4v) is 3.04. The highest BCUT2D eigenvalue weighted by Crippen LogP contribution is 2.38. The first-order valence-corrected chi connectivity index (χ1v) is 7.81. The molecular formula is C16H18ClFN2O4. The number of nitrogens with one attached hydrogen (secondary N) is 1. The molecule has 1 fully saturated rings. The van der Waals surface area contributed by atoms with Crippen LogP contribution >= 0.6 is 11.6 Å². The fraction of sp³-hybridized carbons (Fsp3) is 0.438. The molecule has 0 aromatic heterocycles. The molecule has 6 nitrogen and oxygen atoms in total. The number of carbonyl (C=O) groups is 3. The third-order valence-corrected chi connectivity index (χ3v) is 4.38. The van der Waals surface area contributed by atoms with Gasteiger partial charge in [-0.25, -0.2) is 4.39 Å². The standard InChI is InChI=1S/C16H18ClFN2O4/c1-8(5-14(22)23)19-16(24)10-7-13(21)20(2)15(10)9-3-4-11(17)12(18)6-9/h3-4,6,8,10,15H,5,7H2,1-2H3,(H,19,24)(H,22,23). The van der Waals surface area contributed by atoms with Crippen molar-refractivity contribution in [1.29, 1.82) is 0 Å². The summed E-state index contributed by atoms with van der Waals surface area (Å²) in [5.41, 5.74) is 0.469. The molecule has 2 N–H and O–H groups in total. The molecule has 0 aliphatic carbocycles. The number of carboxylic acid groups (broad SMARTS) is 1. The van der Waals surface area contributed by atoms with E-state index in [9.17, 15) is 18.8 Å². The van der Waals surface area contributed by atoms with Crippen molar-refractivity contribution in [2.24, 2.45) is 5.92 Å². The molecule has 0 bridgehead atoms. The molecule has 0 saturated carbocycles. The van der Waals surface area contributed by atoms with Crippen molar-refractivity contribution < 1.29 is 23.9 Å². The first-order valence-electron chi connectivity index (χ1n) is 7.43. The number of amides is 2. The van der Waals surface area contributed by atoms with Gasteiger partial charge in [-0.05, 0) is 24.6 Å². The Balaban J connectivity index is 2.23. The summed E-state index contributed by atoms with van der Waals surface area (Å²) in [5.74, 6) is -3.04. The molecule has 0 radical (unpaired) electrons. The molecule has 1 aliphatic heterocycles. The predicted molar refractivity (Wildman–Crippen MR) is 84.9 cm³/mol. The van der Waals surface area contributed by atoms with Gasteiger partial charge in [0.1, 0.15) is 5.82 Å². The van der Waals surface area contributed by atoms with E-state index < -0.39 is 35.7 Å². The average molecular weight is 357 g/mol. The van der Waals surface area contributed by atoms with Crippen LogP contribution in [0.15, 0.2) is 18.2 Å². The number of nitrogens with zero attached hydrogens (tertiary/aromatic N) is 1. The Morgan fingerprint density at radius 3 is 2.75 bits per heavy atom. The molecule has 0 spiro atoms. The van der Waals surface area contributed by atoms with Gasteiger partial charge in [-0.15, -0.1) is 0 Å². The Morgan fingerprint density at radius 1 is 1.50 bits per heavy atom. The molecule has 1 aromatic carbocycles. The molecule has 3 unspecified atom stereocenters. The monoisotopic (exact) mass is 356 g/mol. The van der Waals surface area contributed by atoms with Crippen LogP contribution in [0.2, 0.25) is 5.02 Å². The molecule has 130 valence electrons. The van der Waals surface area contributed by atoms with Crippen LogP contribution in [0.4, 0.5) is 4.39 Å². The number of hydrogen-bond acceptors (Lipinski definition) is 3. The maximum Gasteiger partial charge on any atom is 0.305 e. The Bertz CT molecular complexity index is 682. The number of aliphatic carboxylic acids is 1. The van der Waals surface area contributed by atoms with Gasteiger partial charge >= 0.3 is 5.97 Å². The van der Waals surface area contributed by atoms with Gasteiger partial charge in [0, 0.05) is 19.5 Å². The summed E-state index contributed by atoms with van der Waals surface area (Å²) in [6.07, 6.45) is -0.237. The lowest BCUT2D eigenvalue weighted by molar-refractivity contribution is -0.137. The van der Waals surface area contributed by atoms with Crippen molar-refractivity contribution in [2.75, 3.05) is 7.05 Å². The normalized spacial score (nSPS) is 21.7. The van der Waals surface area contributed by atoms with Gasteiger partial charge in [-0.2, -0.15) is 0 Å². The second-order valence-corrected chi connectivity index (χ2v) is 6.35. The van der Waals surface area contributed by atoms with E-state index in [0.29, 0.717) is 5.56 Å². The zero-order valence-electron chi connectivity index (χ0n) is 13.3. The van der Waals surface area contributed by atoms with Crippen LogP contribution in [0.5, 0.6) is 0 Å². The van der Waals surface area contributed by atoms with Crippen LogP contribution in [0, 0.1) is 11.7 Å². The summed E-state index contributed by atoms with van der Waals surface area (Å²) in [4.78, 5) is 36.6. The van der Waals surface area contributed by atoms with Gasteiger partial charge in [0.2, 0.25) is 11.8 Å². The van der Waals surface area contributed by atoms with E-state index in [1.54, 1.807) is 20.0 Å². The number of rotatable bonds is 5. The van der Waals surface area contributed by atoms with E-state index in [0.717, 1.165) is 0 Å². The summed E-state index contributed by atoms with van der Waals surface area (Å²) < 4.78 is 13.7. The van der Waals surface area contributed by atoms with Crippen molar-refractivity contribution in [3.8, 4) is 0 Å². The first-order chi connectivity index (χ1) is 11.2. The minimum atomic E-state index is -1.03. The minimum absolute atomic E-state index is 0.0168. The highest BCUT2D eigenvalue weighted by Gasteiger charge is 2.43. The van der Waals surface area contributed by atoms with Crippen LogP contribution < -0.4 is 5.32 Å². The number of likely N-dealkylation sites (tertiary alicyclic amines) is 1. The summed E-state index contributed by atoms with van der Waals surface area (Å²) in [6.45, 7) is 1.57. The van der Waals surface area contributed by atoms with Crippen LogP contribution in [-0.2, 0) is 14.4 Å². The second-order valence-electron chi connectivity index (χ2n) is 5.94. The third kappa shape index (κ3) is 3.84. The zero-order valence-corrected chi connectivity index (χ0v) is 14.0. The lowest BCUT2D eigenvalue weighted by Gasteiger charge is -2.26. The smallest absolute Gasteiger partial charge is 0.305 e. The molecular weight excluding hydrogens is 339 g/mol. The summed E-state index contributed by atoms with van der Waals surface area (Å²) in [7, 11) is 1.55. The molecule has 1 aromatic rings. The maximum absolute atomic E-state index is 13.7. The van der Waals surface area contributed by atoms with Gasteiger partial charge in [0.25, 0.3) is 0 Å². The van der Waals surface area contributed by atoms with E-state index in [1.807, 2.05) is 0 Å². The van der Waals surface area contributed by atoms with E-state index in [1.165, 1.54) is 17.0 Å². The molecule has 2 rings (SSSR count). The molecule has 1 saturated heterocycles. The zero-order chi connectivity index (χ0) is 18.0. The average Bonchev–Trinajstić information content (AvgIpc) is 2.77. The Kier molecular flexibility index (Phi) is 5.43. The number of benzene rings is 1. The van der Waals surface area contributed by atoms with Crippen molar-refractivity contribution in [3.05, 3.63) is 34.6 Å². The van der Waals surface area contributed by atoms with E-state index in [-0.39, 0.29) is 23.8 Å². The van der Waals surface area contributed by atoms with Gasteiger partial charge in [0.15, 0.2) is 0 Å². The third-order valence-electron chi connectivity index (χ3n) is 4.08. The Hall–Kier alpha value is -2.15. The molecule has 8 heteroatoms. The largest absolute Gasteiger partial charge is 0.481 e. The molecule has 1 heterocycles. The van der Waals surface area contributed by atoms with Crippen LogP contribution in [0.1, 0.15) is 31.4 Å². The maximum atomic E-state index is 13.7. The van der Waals surface area contributed by atoms with Gasteiger partial charge in [0.05, 0.1) is 23.4 Å². The van der Waals surface area contributed by atoms with Gasteiger partial charge < -0.3 is 15.3 Å². The summed E-state index contributed by atoms with van der Waals surface area (Å²) in [6, 6.07) is 2.97. The first kappa shape index (κ1) is 18.2. The highest BCUT2D eigenvalue weighted by molar-refractivity contribution is 6.30. The van der Waals surface area contributed by atoms with Crippen molar-refractivity contribution in [1.82, 2.24) is 10.2 Å². The summed E-state index contributed by atoms with van der Waals surface area (Å²) >= 11 is 5.68. The topological polar surface area (TPSA) is 86.7 Å².